The SMILES string of the molecule is CCC1(CO)CCN(CC(=O)NCCC(C)(C)C)CC1. The maximum atomic E-state index is 11.9. The normalized spacial score (nSPS) is 19.9. The number of nitrogens with zero attached hydrogens (tertiary/aromatic N) is 1. The van der Waals surface area contributed by atoms with E-state index >= 15 is 0 Å². The van der Waals surface area contributed by atoms with Gasteiger partial charge in [-0.1, -0.05) is 27.7 Å². The Balaban J connectivity index is 2.25. The minimum Gasteiger partial charge on any atom is -0.396 e. The molecule has 0 aromatic carbocycles. The summed E-state index contributed by atoms with van der Waals surface area (Å²) >= 11 is 0. The van der Waals surface area contributed by atoms with Crippen molar-refractivity contribution in [2.24, 2.45) is 10.8 Å². The predicted molar refractivity (Wildman–Crippen MR) is 82.6 cm³/mol. The van der Waals surface area contributed by atoms with E-state index in [1.54, 1.807) is 0 Å². The standard InChI is InChI=1S/C16H32N2O2/c1-5-16(13-19)7-10-18(11-8-16)12-14(20)17-9-6-15(2,3)4/h19H,5-13H2,1-4H3,(H,17,20). The highest BCUT2D eigenvalue weighted by Crippen LogP contribution is 2.33. The largest absolute Gasteiger partial charge is 0.396 e. The molecule has 0 atom stereocenters. The Morgan fingerprint density at radius 3 is 2.35 bits per heavy atom. The van der Waals surface area contributed by atoms with Gasteiger partial charge in [0.2, 0.25) is 5.91 Å². The topological polar surface area (TPSA) is 52.6 Å². The van der Waals surface area contributed by atoms with Crippen LogP contribution in [-0.4, -0.2) is 48.7 Å². The highest BCUT2D eigenvalue weighted by Gasteiger charge is 2.32. The van der Waals surface area contributed by atoms with Gasteiger partial charge in [-0.2, -0.15) is 0 Å². The van der Waals surface area contributed by atoms with Gasteiger partial charge in [0.25, 0.3) is 0 Å². The van der Waals surface area contributed by atoms with E-state index < -0.39 is 0 Å². The number of amides is 1. The monoisotopic (exact) mass is 284 g/mol. The van der Waals surface area contributed by atoms with Crippen molar-refractivity contribution in [1.82, 2.24) is 10.2 Å². The van der Waals surface area contributed by atoms with Crippen molar-refractivity contribution in [2.45, 2.75) is 53.4 Å². The first kappa shape index (κ1) is 17.4. The average molecular weight is 284 g/mol. The molecule has 0 aliphatic carbocycles. The highest BCUT2D eigenvalue weighted by molar-refractivity contribution is 5.77. The fourth-order valence-electron chi connectivity index (χ4n) is 2.64. The van der Waals surface area contributed by atoms with E-state index in [4.69, 9.17) is 0 Å². The van der Waals surface area contributed by atoms with Crippen molar-refractivity contribution in [2.75, 3.05) is 32.8 Å². The van der Waals surface area contributed by atoms with Crippen molar-refractivity contribution >= 4 is 5.91 Å². The summed E-state index contributed by atoms with van der Waals surface area (Å²) in [6.07, 6.45) is 4.02. The van der Waals surface area contributed by atoms with Gasteiger partial charge < -0.3 is 10.4 Å². The highest BCUT2D eigenvalue weighted by atomic mass is 16.3. The first-order chi connectivity index (χ1) is 9.30. The van der Waals surface area contributed by atoms with E-state index in [2.05, 4.69) is 37.9 Å². The van der Waals surface area contributed by atoms with E-state index in [1.165, 1.54) is 0 Å². The van der Waals surface area contributed by atoms with Gasteiger partial charge in [0.15, 0.2) is 0 Å². The molecule has 0 spiro atoms. The molecule has 118 valence electrons. The molecule has 0 bridgehead atoms. The van der Waals surface area contributed by atoms with Crippen LogP contribution in [0.3, 0.4) is 0 Å². The Morgan fingerprint density at radius 2 is 1.90 bits per heavy atom. The average Bonchev–Trinajstić information content (AvgIpc) is 2.38. The molecule has 4 heteroatoms. The number of aliphatic hydroxyl groups excluding tert-OH is 1. The lowest BCUT2D eigenvalue weighted by Gasteiger charge is -2.39. The molecule has 0 aromatic heterocycles. The Labute approximate surface area is 123 Å². The fraction of sp³-hybridized carbons (Fsp3) is 0.938. The Hall–Kier alpha value is -0.610. The lowest BCUT2D eigenvalue weighted by molar-refractivity contribution is -0.123. The van der Waals surface area contributed by atoms with E-state index in [1.807, 2.05) is 0 Å². The van der Waals surface area contributed by atoms with Crippen molar-refractivity contribution in [1.29, 1.82) is 0 Å². The Bertz CT molecular complexity index is 296. The van der Waals surface area contributed by atoms with Crippen LogP contribution in [0.5, 0.6) is 0 Å². The molecular weight excluding hydrogens is 252 g/mol. The second-order valence-corrected chi connectivity index (χ2v) is 7.45. The third-order valence-corrected chi connectivity index (χ3v) is 4.57. The maximum absolute atomic E-state index is 11.9. The van der Waals surface area contributed by atoms with Crippen LogP contribution in [0.4, 0.5) is 0 Å². The van der Waals surface area contributed by atoms with Crippen molar-refractivity contribution in [3.05, 3.63) is 0 Å². The quantitative estimate of drug-likeness (QED) is 0.784. The van der Waals surface area contributed by atoms with Gasteiger partial charge >= 0.3 is 0 Å². The van der Waals surface area contributed by atoms with Gasteiger partial charge in [0, 0.05) is 13.2 Å². The van der Waals surface area contributed by atoms with Gasteiger partial charge in [0.1, 0.15) is 0 Å². The van der Waals surface area contributed by atoms with Gasteiger partial charge in [-0.15, -0.1) is 0 Å². The van der Waals surface area contributed by atoms with Gasteiger partial charge in [-0.3, -0.25) is 9.69 Å². The first-order valence-electron chi connectivity index (χ1n) is 7.90. The van der Waals surface area contributed by atoms with Crippen LogP contribution in [0.2, 0.25) is 0 Å². The number of hydrogen-bond acceptors (Lipinski definition) is 3. The lowest BCUT2D eigenvalue weighted by atomic mass is 9.77. The number of likely N-dealkylation sites (tertiary alicyclic amines) is 1. The second-order valence-electron chi connectivity index (χ2n) is 7.45. The Kier molecular flexibility index (Phi) is 6.46. The molecule has 1 amide bonds. The van der Waals surface area contributed by atoms with Crippen molar-refractivity contribution in [3.63, 3.8) is 0 Å². The second kappa shape index (κ2) is 7.41. The summed E-state index contributed by atoms with van der Waals surface area (Å²) in [6.45, 7) is 12.1. The molecule has 1 aliphatic heterocycles. The zero-order valence-corrected chi connectivity index (χ0v) is 13.7. The zero-order chi connectivity index (χ0) is 15.2. The molecule has 1 saturated heterocycles. The molecule has 4 nitrogen and oxygen atoms in total. The first-order valence-corrected chi connectivity index (χ1v) is 7.90. The van der Waals surface area contributed by atoms with Crippen LogP contribution in [0.15, 0.2) is 0 Å². The van der Waals surface area contributed by atoms with E-state index in [0.29, 0.717) is 6.54 Å². The third-order valence-electron chi connectivity index (χ3n) is 4.57. The van der Waals surface area contributed by atoms with Crippen LogP contribution in [0, 0.1) is 10.8 Å². The summed E-state index contributed by atoms with van der Waals surface area (Å²) in [4.78, 5) is 14.1. The molecule has 0 saturated carbocycles. The number of rotatable bonds is 6. The number of carbonyl (C=O) groups is 1. The number of carbonyl (C=O) groups excluding carboxylic acids is 1. The number of piperidine rings is 1. The maximum Gasteiger partial charge on any atom is 0.234 e. The van der Waals surface area contributed by atoms with Crippen LogP contribution in [0.25, 0.3) is 0 Å². The summed E-state index contributed by atoms with van der Waals surface area (Å²) in [6, 6.07) is 0. The molecular formula is C16H32N2O2. The number of hydrogen-bond donors (Lipinski definition) is 2. The van der Waals surface area contributed by atoms with Gasteiger partial charge in [0.05, 0.1) is 6.54 Å². The molecule has 1 heterocycles. The summed E-state index contributed by atoms with van der Waals surface area (Å²) < 4.78 is 0. The predicted octanol–water partition coefficient (Wildman–Crippen LogP) is 2.02. The van der Waals surface area contributed by atoms with Crippen LogP contribution < -0.4 is 5.32 Å². The summed E-state index contributed by atoms with van der Waals surface area (Å²) in [5, 5.41) is 12.5. The molecule has 0 radical (unpaired) electrons. The molecule has 20 heavy (non-hydrogen) atoms. The molecule has 1 rings (SSSR count). The number of nitrogens with one attached hydrogen (secondary N) is 1. The Morgan fingerprint density at radius 1 is 1.30 bits per heavy atom. The van der Waals surface area contributed by atoms with Crippen molar-refractivity contribution in [3.8, 4) is 0 Å². The molecule has 0 aromatic rings. The summed E-state index contributed by atoms with van der Waals surface area (Å²) in [5.74, 6) is 0.127. The van der Waals surface area contributed by atoms with E-state index in [-0.39, 0.29) is 23.3 Å². The van der Waals surface area contributed by atoms with E-state index in [0.717, 1.165) is 45.3 Å². The van der Waals surface area contributed by atoms with Crippen LogP contribution in [0.1, 0.15) is 53.4 Å². The van der Waals surface area contributed by atoms with Crippen LogP contribution in [-0.2, 0) is 4.79 Å². The van der Waals surface area contributed by atoms with E-state index in [9.17, 15) is 9.90 Å². The van der Waals surface area contributed by atoms with Gasteiger partial charge in [-0.05, 0) is 49.6 Å². The molecule has 2 N–H and O–H groups in total. The zero-order valence-electron chi connectivity index (χ0n) is 13.7. The summed E-state index contributed by atoms with van der Waals surface area (Å²) in [5.41, 5.74) is 0.361. The molecule has 1 aliphatic rings. The smallest absolute Gasteiger partial charge is 0.234 e. The molecule has 0 unspecified atom stereocenters. The lowest BCUT2D eigenvalue weighted by Crippen LogP contribution is -2.46. The summed E-state index contributed by atoms with van der Waals surface area (Å²) in [7, 11) is 0. The van der Waals surface area contributed by atoms with Crippen LogP contribution >= 0.6 is 0 Å². The minimum absolute atomic E-state index is 0.0964. The third kappa shape index (κ3) is 5.80. The fourth-order valence-corrected chi connectivity index (χ4v) is 2.64. The minimum atomic E-state index is 0.0964. The molecule has 1 fully saturated rings. The van der Waals surface area contributed by atoms with Crippen molar-refractivity contribution < 1.29 is 9.90 Å². The number of aliphatic hydroxyl groups is 1. The van der Waals surface area contributed by atoms with Gasteiger partial charge in [-0.25, -0.2) is 0 Å².